The minimum atomic E-state index is -1.21. The summed E-state index contributed by atoms with van der Waals surface area (Å²) in [7, 11) is 1.64. The van der Waals surface area contributed by atoms with Gasteiger partial charge >= 0.3 is 5.97 Å². The van der Waals surface area contributed by atoms with Crippen LogP contribution in [0.25, 0.3) is 6.08 Å². The van der Waals surface area contributed by atoms with Gasteiger partial charge in [0.2, 0.25) is 0 Å². The molecule has 0 saturated heterocycles. The maximum Gasteiger partial charge on any atom is 0.346 e. The summed E-state index contributed by atoms with van der Waals surface area (Å²) in [6.07, 6.45) is 1.40. The van der Waals surface area contributed by atoms with Crippen molar-refractivity contribution < 1.29 is 14.6 Å². The first-order valence-electron chi connectivity index (χ1n) is 5.94. The largest absolute Gasteiger partial charge is 0.477 e. The average molecular weight is 262 g/mol. The van der Waals surface area contributed by atoms with Crippen molar-refractivity contribution in [3.05, 3.63) is 28.6 Å². The maximum atomic E-state index is 10.9. The fourth-order valence-electron chi connectivity index (χ4n) is 2.24. The summed E-state index contributed by atoms with van der Waals surface area (Å²) >= 11 is 0. The van der Waals surface area contributed by atoms with E-state index in [9.17, 15) is 4.79 Å². The number of ether oxygens (including phenoxy) is 1. The van der Waals surface area contributed by atoms with Crippen LogP contribution in [-0.4, -0.2) is 29.4 Å². The van der Waals surface area contributed by atoms with Gasteiger partial charge in [-0.3, -0.25) is 0 Å². The van der Waals surface area contributed by atoms with E-state index < -0.39 is 5.97 Å². The fourth-order valence-corrected chi connectivity index (χ4v) is 2.24. The Kier molecular flexibility index (Phi) is 4.90. The van der Waals surface area contributed by atoms with E-state index in [4.69, 9.17) is 15.1 Å². The lowest BCUT2D eigenvalue weighted by Crippen LogP contribution is -2.13. The number of aromatic nitrogens is 1. The SMILES string of the molecule is COC[C@H](C)n1c(C)cc(/C=C(\C#N)C(=O)O)c1C. The number of nitriles is 1. The second kappa shape index (κ2) is 6.21. The van der Waals surface area contributed by atoms with Crippen LogP contribution in [0.3, 0.4) is 0 Å². The number of methoxy groups -OCH3 is 1. The van der Waals surface area contributed by atoms with Crippen LogP contribution in [0.1, 0.15) is 29.9 Å². The molecule has 0 saturated carbocycles. The molecule has 1 aromatic heterocycles. The zero-order valence-corrected chi connectivity index (χ0v) is 11.6. The number of hydrogen-bond acceptors (Lipinski definition) is 3. The third-order valence-electron chi connectivity index (χ3n) is 3.02. The minimum Gasteiger partial charge on any atom is -0.477 e. The van der Waals surface area contributed by atoms with Crippen molar-refractivity contribution in [2.75, 3.05) is 13.7 Å². The highest BCUT2D eigenvalue weighted by Gasteiger charge is 2.15. The summed E-state index contributed by atoms with van der Waals surface area (Å²) < 4.78 is 7.21. The Labute approximate surface area is 112 Å². The molecule has 0 fully saturated rings. The Morgan fingerprint density at radius 3 is 2.74 bits per heavy atom. The van der Waals surface area contributed by atoms with E-state index in [2.05, 4.69) is 4.57 Å². The van der Waals surface area contributed by atoms with Crippen LogP contribution in [0, 0.1) is 25.2 Å². The van der Waals surface area contributed by atoms with Crippen molar-refractivity contribution >= 4 is 12.0 Å². The number of aryl methyl sites for hydroxylation is 1. The summed E-state index contributed by atoms with van der Waals surface area (Å²) in [5.41, 5.74) is 2.42. The molecule has 0 spiro atoms. The number of rotatable bonds is 5. The third kappa shape index (κ3) is 3.24. The topological polar surface area (TPSA) is 75.2 Å². The van der Waals surface area contributed by atoms with E-state index in [1.54, 1.807) is 13.2 Å². The molecule has 19 heavy (non-hydrogen) atoms. The van der Waals surface area contributed by atoms with Gasteiger partial charge in [-0.05, 0) is 38.5 Å². The predicted molar refractivity (Wildman–Crippen MR) is 71.7 cm³/mol. The van der Waals surface area contributed by atoms with Gasteiger partial charge in [0, 0.05) is 18.5 Å². The van der Waals surface area contributed by atoms with Crippen molar-refractivity contribution in [3.63, 3.8) is 0 Å². The molecule has 1 rings (SSSR count). The monoisotopic (exact) mass is 262 g/mol. The predicted octanol–water partition coefficient (Wildman–Crippen LogP) is 2.30. The zero-order chi connectivity index (χ0) is 14.6. The lowest BCUT2D eigenvalue weighted by Gasteiger charge is -2.17. The van der Waals surface area contributed by atoms with Crippen LogP contribution < -0.4 is 0 Å². The van der Waals surface area contributed by atoms with Crippen LogP contribution in [0.4, 0.5) is 0 Å². The number of aliphatic carboxylic acids is 1. The van der Waals surface area contributed by atoms with Gasteiger partial charge in [-0.15, -0.1) is 0 Å². The number of carbonyl (C=O) groups is 1. The standard InChI is InChI=1S/C14H18N2O3/c1-9-5-12(6-13(7-15)14(17)18)11(3)16(9)10(2)8-19-4/h5-6,10H,8H2,1-4H3,(H,17,18)/b13-6+/t10-/m0/s1. The molecule has 0 aliphatic heterocycles. The molecular formula is C14H18N2O3. The van der Waals surface area contributed by atoms with Gasteiger partial charge < -0.3 is 14.4 Å². The molecule has 0 radical (unpaired) electrons. The molecule has 102 valence electrons. The van der Waals surface area contributed by atoms with Crippen molar-refractivity contribution in [1.82, 2.24) is 4.57 Å². The van der Waals surface area contributed by atoms with Gasteiger partial charge in [-0.2, -0.15) is 5.26 Å². The first-order chi connectivity index (χ1) is 8.92. The fraction of sp³-hybridized carbons (Fsp3) is 0.429. The summed E-state index contributed by atoms with van der Waals surface area (Å²) in [5.74, 6) is -1.21. The van der Waals surface area contributed by atoms with Crippen LogP contribution in [-0.2, 0) is 9.53 Å². The van der Waals surface area contributed by atoms with Crippen molar-refractivity contribution in [2.24, 2.45) is 0 Å². The Morgan fingerprint density at radius 2 is 2.26 bits per heavy atom. The lowest BCUT2D eigenvalue weighted by molar-refractivity contribution is -0.132. The van der Waals surface area contributed by atoms with E-state index >= 15 is 0 Å². The zero-order valence-electron chi connectivity index (χ0n) is 11.6. The van der Waals surface area contributed by atoms with Gasteiger partial charge in [0.05, 0.1) is 12.6 Å². The molecule has 0 aromatic carbocycles. The first-order valence-corrected chi connectivity index (χ1v) is 5.94. The molecule has 0 aliphatic rings. The summed E-state index contributed by atoms with van der Waals surface area (Å²) in [5, 5.41) is 17.7. The van der Waals surface area contributed by atoms with Gasteiger partial charge in [-0.1, -0.05) is 0 Å². The van der Waals surface area contributed by atoms with E-state index in [0.717, 1.165) is 17.0 Å². The molecule has 0 amide bonds. The van der Waals surface area contributed by atoms with Gasteiger partial charge in [0.1, 0.15) is 11.6 Å². The van der Waals surface area contributed by atoms with Gasteiger partial charge in [-0.25, -0.2) is 4.79 Å². The van der Waals surface area contributed by atoms with Crippen LogP contribution >= 0.6 is 0 Å². The quantitative estimate of drug-likeness (QED) is 0.652. The van der Waals surface area contributed by atoms with Gasteiger partial charge in [0.25, 0.3) is 0 Å². The second-order valence-corrected chi connectivity index (χ2v) is 4.48. The number of nitrogens with zero attached hydrogens (tertiary/aromatic N) is 2. The molecule has 1 heterocycles. The van der Waals surface area contributed by atoms with Crippen molar-refractivity contribution in [1.29, 1.82) is 5.26 Å². The highest BCUT2D eigenvalue weighted by atomic mass is 16.5. The molecule has 1 atom stereocenters. The normalized spacial score (nSPS) is 13.1. The van der Waals surface area contributed by atoms with Crippen LogP contribution in [0.5, 0.6) is 0 Å². The van der Waals surface area contributed by atoms with Crippen LogP contribution in [0.15, 0.2) is 11.6 Å². The Balaban J connectivity index is 3.24. The molecule has 0 bridgehead atoms. The molecular weight excluding hydrogens is 244 g/mol. The average Bonchev–Trinajstić information content (AvgIpc) is 2.61. The highest BCUT2D eigenvalue weighted by molar-refractivity contribution is 5.96. The summed E-state index contributed by atoms with van der Waals surface area (Å²) in [6, 6.07) is 3.72. The molecule has 1 N–H and O–H groups in total. The lowest BCUT2D eigenvalue weighted by atomic mass is 10.1. The van der Waals surface area contributed by atoms with E-state index in [1.807, 2.05) is 26.8 Å². The Hall–Kier alpha value is -2.06. The van der Waals surface area contributed by atoms with E-state index in [1.165, 1.54) is 6.08 Å². The number of hydrogen-bond donors (Lipinski definition) is 1. The summed E-state index contributed by atoms with van der Waals surface area (Å²) in [6.45, 7) is 6.45. The molecule has 5 heteroatoms. The Morgan fingerprint density at radius 1 is 1.63 bits per heavy atom. The maximum absolute atomic E-state index is 10.9. The van der Waals surface area contributed by atoms with E-state index in [-0.39, 0.29) is 11.6 Å². The first kappa shape index (κ1) is 15.0. The summed E-state index contributed by atoms with van der Waals surface area (Å²) in [4.78, 5) is 10.9. The number of carboxylic acid groups (broad SMARTS) is 1. The Bertz CT molecular complexity index is 550. The highest BCUT2D eigenvalue weighted by Crippen LogP contribution is 2.22. The van der Waals surface area contributed by atoms with Crippen LogP contribution in [0.2, 0.25) is 0 Å². The van der Waals surface area contributed by atoms with E-state index in [0.29, 0.717) is 6.61 Å². The molecule has 1 aromatic rings. The van der Waals surface area contributed by atoms with Crippen molar-refractivity contribution in [3.8, 4) is 6.07 Å². The molecule has 0 aliphatic carbocycles. The molecule has 5 nitrogen and oxygen atoms in total. The number of carboxylic acids is 1. The van der Waals surface area contributed by atoms with Crippen molar-refractivity contribution in [2.45, 2.75) is 26.8 Å². The van der Waals surface area contributed by atoms with Gasteiger partial charge in [0.15, 0.2) is 0 Å². The third-order valence-corrected chi connectivity index (χ3v) is 3.02. The second-order valence-electron chi connectivity index (χ2n) is 4.48. The molecule has 0 unspecified atom stereocenters. The smallest absolute Gasteiger partial charge is 0.346 e. The minimum absolute atomic E-state index is 0.155.